The van der Waals surface area contributed by atoms with Crippen molar-refractivity contribution in [1.82, 2.24) is 4.98 Å². The Morgan fingerprint density at radius 2 is 1.50 bits per heavy atom. The first-order valence-electron chi connectivity index (χ1n) is 8.89. The van der Waals surface area contributed by atoms with Gasteiger partial charge in [0.05, 0.1) is 11.9 Å². The van der Waals surface area contributed by atoms with E-state index in [0.717, 1.165) is 22.0 Å². The molecule has 0 saturated heterocycles. The lowest BCUT2D eigenvalue weighted by Crippen LogP contribution is -2.08. The van der Waals surface area contributed by atoms with Crippen LogP contribution in [0.15, 0.2) is 105 Å². The zero-order chi connectivity index (χ0) is 19.2. The summed E-state index contributed by atoms with van der Waals surface area (Å²) in [5.74, 6) is 0. The molecule has 0 aliphatic rings. The van der Waals surface area contributed by atoms with Gasteiger partial charge in [-0.25, -0.2) is 9.99 Å². The molecule has 138 valence electrons. The molecule has 3 aromatic carbocycles. The van der Waals surface area contributed by atoms with E-state index in [2.05, 4.69) is 59.0 Å². The van der Waals surface area contributed by atoms with Gasteiger partial charge in [-0.15, -0.1) is 11.3 Å². The van der Waals surface area contributed by atoms with Crippen LogP contribution >= 0.6 is 23.1 Å². The van der Waals surface area contributed by atoms with Gasteiger partial charge in [-0.3, -0.25) is 0 Å². The number of aromatic nitrogens is 1. The first-order chi connectivity index (χ1) is 13.8. The van der Waals surface area contributed by atoms with Crippen LogP contribution < -0.4 is 5.01 Å². The van der Waals surface area contributed by atoms with Crippen LogP contribution in [0.25, 0.3) is 11.3 Å². The molecule has 0 unspecified atom stereocenters. The Morgan fingerprint density at radius 1 is 0.857 bits per heavy atom. The molecule has 1 aromatic heterocycles. The maximum atomic E-state index is 4.73. The van der Waals surface area contributed by atoms with Gasteiger partial charge in [-0.05, 0) is 29.8 Å². The predicted octanol–water partition coefficient (Wildman–Crippen LogP) is 6.43. The van der Waals surface area contributed by atoms with E-state index < -0.39 is 0 Å². The highest BCUT2D eigenvalue weighted by Crippen LogP contribution is 2.31. The Labute approximate surface area is 173 Å². The highest BCUT2D eigenvalue weighted by molar-refractivity contribution is 7.99. The van der Waals surface area contributed by atoms with Crippen LogP contribution in [0.1, 0.15) is 5.56 Å². The van der Waals surface area contributed by atoms with Crippen molar-refractivity contribution in [3.8, 4) is 11.3 Å². The molecule has 1 heterocycles. The SMILES string of the molecule is CN(/N=C\c1ccccc1)c1nc(-c2ccc(Sc3ccccc3)cc2)cs1. The Balaban J connectivity index is 1.44. The largest absolute Gasteiger partial charge is 0.242 e. The summed E-state index contributed by atoms with van der Waals surface area (Å²) in [4.78, 5) is 7.19. The second-order valence-electron chi connectivity index (χ2n) is 6.13. The van der Waals surface area contributed by atoms with Crippen LogP contribution in [-0.2, 0) is 0 Å². The molecular weight excluding hydrogens is 382 g/mol. The smallest absolute Gasteiger partial charge is 0.206 e. The summed E-state index contributed by atoms with van der Waals surface area (Å²) < 4.78 is 0. The molecule has 0 amide bonds. The van der Waals surface area contributed by atoms with Crippen molar-refractivity contribution in [1.29, 1.82) is 0 Å². The average molecular weight is 402 g/mol. The number of rotatable bonds is 6. The van der Waals surface area contributed by atoms with E-state index >= 15 is 0 Å². The van der Waals surface area contributed by atoms with Gasteiger partial charge in [-0.2, -0.15) is 5.10 Å². The Morgan fingerprint density at radius 3 is 2.21 bits per heavy atom. The van der Waals surface area contributed by atoms with Gasteiger partial charge in [0.1, 0.15) is 0 Å². The van der Waals surface area contributed by atoms with Gasteiger partial charge < -0.3 is 0 Å². The average Bonchev–Trinajstić information content (AvgIpc) is 3.24. The highest BCUT2D eigenvalue weighted by atomic mass is 32.2. The molecule has 0 saturated carbocycles. The summed E-state index contributed by atoms with van der Waals surface area (Å²) in [6, 6.07) is 29.0. The summed E-state index contributed by atoms with van der Waals surface area (Å²) >= 11 is 3.35. The minimum Gasteiger partial charge on any atom is -0.242 e. The van der Waals surface area contributed by atoms with E-state index in [-0.39, 0.29) is 0 Å². The first-order valence-corrected chi connectivity index (χ1v) is 10.6. The molecule has 4 aromatic rings. The standard InChI is InChI=1S/C23H19N3S2/c1-26(24-16-18-8-4-2-5-9-18)23-25-22(17-27-23)19-12-14-21(15-13-19)28-20-10-6-3-7-11-20/h2-17H,1H3/b24-16-. The summed E-state index contributed by atoms with van der Waals surface area (Å²) in [6.45, 7) is 0. The monoisotopic (exact) mass is 401 g/mol. The van der Waals surface area contributed by atoms with Gasteiger partial charge in [0.2, 0.25) is 5.13 Å². The molecule has 4 rings (SSSR count). The van der Waals surface area contributed by atoms with Gasteiger partial charge in [0, 0.05) is 27.8 Å². The lowest BCUT2D eigenvalue weighted by atomic mass is 10.2. The molecule has 0 aliphatic carbocycles. The van der Waals surface area contributed by atoms with Crippen molar-refractivity contribution < 1.29 is 0 Å². The van der Waals surface area contributed by atoms with Crippen molar-refractivity contribution in [2.24, 2.45) is 5.10 Å². The minimum absolute atomic E-state index is 0.866. The number of nitrogens with zero attached hydrogens (tertiary/aromatic N) is 3. The van der Waals surface area contributed by atoms with Crippen LogP contribution in [0.4, 0.5) is 5.13 Å². The van der Waals surface area contributed by atoms with Crippen LogP contribution in [0.3, 0.4) is 0 Å². The van der Waals surface area contributed by atoms with E-state index in [1.54, 1.807) is 28.1 Å². The molecule has 0 aliphatic heterocycles. The van der Waals surface area contributed by atoms with Crippen LogP contribution in [0.2, 0.25) is 0 Å². The number of hydrazone groups is 1. The van der Waals surface area contributed by atoms with Gasteiger partial charge in [-0.1, -0.05) is 72.4 Å². The third-order valence-corrected chi connectivity index (χ3v) is 6.00. The lowest BCUT2D eigenvalue weighted by molar-refractivity contribution is 1.01. The zero-order valence-corrected chi connectivity index (χ0v) is 17.0. The first kappa shape index (κ1) is 18.5. The third kappa shape index (κ3) is 4.68. The second kappa shape index (κ2) is 8.87. The molecule has 0 spiro atoms. The molecule has 0 fully saturated rings. The third-order valence-electron chi connectivity index (χ3n) is 4.08. The lowest BCUT2D eigenvalue weighted by Gasteiger charge is -2.07. The fourth-order valence-corrected chi connectivity index (χ4v) is 4.20. The summed E-state index contributed by atoms with van der Waals surface area (Å²) in [5, 5.41) is 9.23. The number of thiazole rings is 1. The molecule has 0 bridgehead atoms. The molecule has 0 N–H and O–H groups in total. The zero-order valence-electron chi connectivity index (χ0n) is 15.4. The maximum Gasteiger partial charge on any atom is 0.206 e. The van der Waals surface area contributed by atoms with Crippen molar-refractivity contribution in [3.05, 3.63) is 95.9 Å². The molecule has 0 radical (unpaired) electrons. The predicted molar refractivity (Wildman–Crippen MR) is 121 cm³/mol. The van der Waals surface area contributed by atoms with E-state index in [1.165, 1.54) is 9.79 Å². The fourth-order valence-electron chi connectivity index (χ4n) is 2.61. The van der Waals surface area contributed by atoms with Crippen molar-refractivity contribution in [3.63, 3.8) is 0 Å². The Hall–Kier alpha value is -2.89. The minimum atomic E-state index is 0.866. The van der Waals surface area contributed by atoms with E-state index in [9.17, 15) is 0 Å². The van der Waals surface area contributed by atoms with E-state index in [1.807, 2.05) is 49.7 Å². The van der Waals surface area contributed by atoms with Crippen molar-refractivity contribution >= 4 is 34.4 Å². The number of hydrogen-bond donors (Lipinski definition) is 0. The van der Waals surface area contributed by atoms with Crippen molar-refractivity contribution in [2.45, 2.75) is 9.79 Å². The summed E-state index contributed by atoms with van der Waals surface area (Å²) in [7, 11) is 1.92. The van der Waals surface area contributed by atoms with Gasteiger partial charge >= 0.3 is 0 Å². The Kier molecular flexibility index (Phi) is 5.85. The van der Waals surface area contributed by atoms with E-state index in [0.29, 0.717) is 0 Å². The normalized spacial score (nSPS) is 11.0. The van der Waals surface area contributed by atoms with Crippen LogP contribution in [0.5, 0.6) is 0 Å². The molecule has 28 heavy (non-hydrogen) atoms. The molecular formula is C23H19N3S2. The number of benzene rings is 3. The molecule has 3 nitrogen and oxygen atoms in total. The van der Waals surface area contributed by atoms with E-state index in [4.69, 9.17) is 4.98 Å². The highest BCUT2D eigenvalue weighted by Gasteiger charge is 2.08. The van der Waals surface area contributed by atoms with Gasteiger partial charge in [0.15, 0.2) is 0 Å². The second-order valence-corrected chi connectivity index (χ2v) is 8.12. The van der Waals surface area contributed by atoms with Gasteiger partial charge in [0.25, 0.3) is 0 Å². The topological polar surface area (TPSA) is 28.5 Å². The van der Waals surface area contributed by atoms with Crippen LogP contribution in [-0.4, -0.2) is 18.2 Å². The fraction of sp³-hybridized carbons (Fsp3) is 0.0435. The van der Waals surface area contributed by atoms with Crippen molar-refractivity contribution in [2.75, 3.05) is 12.1 Å². The number of hydrogen-bond acceptors (Lipinski definition) is 5. The quantitative estimate of drug-likeness (QED) is 0.275. The Bertz CT molecular complexity index is 1040. The summed E-state index contributed by atoms with van der Waals surface area (Å²) in [5.41, 5.74) is 3.15. The molecule has 0 atom stereocenters. The van der Waals surface area contributed by atoms with Crippen LogP contribution in [0, 0.1) is 0 Å². The summed E-state index contributed by atoms with van der Waals surface area (Å²) in [6.07, 6.45) is 1.84. The molecule has 5 heteroatoms. The number of anilines is 1. The maximum absolute atomic E-state index is 4.73.